The van der Waals surface area contributed by atoms with Gasteiger partial charge in [-0.25, -0.2) is 0 Å². The highest BCUT2D eigenvalue weighted by molar-refractivity contribution is 6.30. The molecule has 0 aliphatic heterocycles. The Morgan fingerprint density at radius 3 is 2.78 bits per heavy atom. The lowest BCUT2D eigenvalue weighted by molar-refractivity contribution is -0.116. The van der Waals surface area contributed by atoms with Crippen molar-refractivity contribution in [2.75, 3.05) is 6.61 Å². The van der Waals surface area contributed by atoms with Gasteiger partial charge < -0.3 is 4.74 Å². The molecule has 0 amide bonds. The summed E-state index contributed by atoms with van der Waals surface area (Å²) in [6.07, 6.45) is 4.73. The second kappa shape index (κ2) is 8.15. The molecule has 100 valence electrons. The van der Waals surface area contributed by atoms with Crippen LogP contribution in [-0.2, 0) is 4.79 Å². The van der Waals surface area contributed by atoms with E-state index < -0.39 is 5.38 Å². The molecule has 0 N–H and O–H groups in total. The predicted octanol–water partition coefficient (Wildman–Crippen LogP) is 4.51. The fourth-order valence-corrected chi connectivity index (χ4v) is 1.85. The molecule has 0 aromatic heterocycles. The summed E-state index contributed by atoms with van der Waals surface area (Å²) in [5.74, 6) is 0.743. The average molecular weight is 269 g/mol. The number of rotatable bonds is 8. The number of carbonyl (C=O) groups is 1. The van der Waals surface area contributed by atoms with Gasteiger partial charge in [0.1, 0.15) is 11.1 Å². The van der Waals surface area contributed by atoms with E-state index in [-0.39, 0.29) is 5.78 Å². The fourth-order valence-electron chi connectivity index (χ4n) is 1.72. The minimum Gasteiger partial charge on any atom is -0.494 e. The highest BCUT2D eigenvalue weighted by Crippen LogP contribution is 2.25. The number of benzene rings is 1. The molecule has 2 nitrogen and oxygen atoms in total. The first-order valence-electron chi connectivity index (χ1n) is 6.52. The normalized spacial score (nSPS) is 12.2. The average Bonchev–Trinajstić information content (AvgIpc) is 2.38. The van der Waals surface area contributed by atoms with Crippen molar-refractivity contribution in [2.24, 2.45) is 0 Å². The Bertz CT molecular complexity index is 377. The van der Waals surface area contributed by atoms with Crippen LogP contribution in [0.15, 0.2) is 24.3 Å². The first-order chi connectivity index (χ1) is 8.65. The van der Waals surface area contributed by atoms with E-state index in [1.807, 2.05) is 24.3 Å². The van der Waals surface area contributed by atoms with Gasteiger partial charge in [0, 0.05) is 0 Å². The quantitative estimate of drug-likeness (QED) is 0.512. The number of ether oxygens (including phenoxy) is 1. The van der Waals surface area contributed by atoms with Gasteiger partial charge in [-0.15, -0.1) is 11.6 Å². The predicted molar refractivity (Wildman–Crippen MR) is 75.4 cm³/mol. The Morgan fingerprint density at radius 2 is 2.11 bits per heavy atom. The molecule has 0 fully saturated rings. The van der Waals surface area contributed by atoms with Gasteiger partial charge in [0.25, 0.3) is 0 Å². The van der Waals surface area contributed by atoms with Gasteiger partial charge in [-0.3, -0.25) is 4.79 Å². The molecule has 0 aliphatic rings. The third-order valence-electron chi connectivity index (χ3n) is 2.77. The summed E-state index contributed by atoms with van der Waals surface area (Å²) < 4.78 is 5.65. The van der Waals surface area contributed by atoms with E-state index in [4.69, 9.17) is 16.3 Å². The minimum atomic E-state index is -0.575. The monoisotopic (exact) mass is 268 g/mol. The third kappa shape index (κ3) is 5.09. The van der Waals surface area contributed by atoms with E-state index in [2.05, 4.69) is 6.92 Å². The van der Waals surface area contributed by atoms with Crippen molar-refractivity contribution in [3.63, 3.8) is 0 Å². The Labute approximate surface area is 114 Å². The van der Waals surface area contributed by atoms with Crippen LogP contribution >= 0.6 is 11.6 Å². The molecule has 18 heavy (non-hydrogen) atoms. The molecule has 1 aromatic rings. The molecule has 1 aromatic carbocycles. The standard InChI is InChI=1S/C15H21ClO2/c1-3-4-5-6-10-18-14-9-7-8-13(11-14)15(16)12(2)17/h7-9,11,15H,3-6,10H2,1-2H3. The van der Waals surface area contributed by atoms with E-state index in [1.54, 1.807) is 0 Å². The number of unbranched alkanes of at least 4 members (excludes halogenated alkanes) is 3. The zero-order valence-electron chi connectivity index (χ0n) is 11.1. The Kier molecular flexibility index (Phi) is 6.81. The third-order valence-corrected chi connectivity index (χ3v) is 3.33. The van der Waals surface area contributed by atoms with Crippen molar-refractivity contribution in [2.45, 2.75) is 44.9 Å². The van der Waals surface area contributed by atoms with Crippen molar-refractivity contribution in [1.82, 2.24) is 0 Å². The lowest BCUT2D eigenvalue weighted by Gasteiger charge is -2.10. The number of halogens is 1. The zero-order chi connectivity index (χ0) is 13.4. The molecule has 0 bridgehead atoms. The number of hydrogen-bond acceptors (Lipinski definition) is 2. The van der Waals surface area contributed by atoms with Crippen LogP contribution in [0, 0.1) is 0 Å². The van der Waals surface area contributed by atoms with E-state index in [1.165, 1.54) is 26.2 Å². The molecule has 0 heterocycles. The second-order valence-corrected chi connectivity index (χ2v) is 4.89. The number of alkyl halides is 1. The van der Waals surface area contributed by atoms with Crippen LogP contribution in [0.25, 0.3) is 0 Å². The van der Waals surface area contributed by atoms with Crippen molar-refractivity contribution in [3.8, 4) is 5.75 Å². The Balaban J connectivity index is 2.47. The maximum absolute atomic E-state index is 11.2. The molecule has 0 radical (unpaired) electrons. The van der Waals surface area contributed by atoms with E-state index >= 15 is 0 Å². The molecular weight excluding hydrogens is 248 g/mol. The summed E-state index contributed by atoms with van der Waals surface area (Å²) in [6, 6.07) is 7.46. The summed E-state index contributed by atoms with van der Waals surface area (Å²) in [4.78, 5) is 11.2. The van der Waals surface area contributed by atoms with E-state index in [9.17, 15) is 4.79 Å². The molecular formula is C15H21ClO2. The van der Waals surface area contributed by atoms with Crippen LogP contribution in [0.4, 0.5) is 0 Å². The molecule has 3 heteroatoms. The van der Waals surface area contributed by atoms with Gasteiger partial charge in [0.05, 0.1) is 6.61 Å². The smallest absolute Gasteiger partial charge is 0.152 e. The highest BCUT2D eigenvalue weighted by Gasteiger charge is 2.13. The van der Waals surface area contributed by atoms with Crippen LogP contribution in [0.5, 0.6) is 5.75 Å². The van der Waals surface area contributed by atoms with Gasteiger partial charge in [-0.05, 0) is 31.0 Å². The number of hydrogen-bond donors (Lipinski definition) is 0. The maximum atomic E-state index is 11.2. The zero-order valence-corrected chi connectivity index (χ0v) is 11.9. The number of Topliss-reactive ketones (excluding diaryl/α,β-unsaturated/α-hetero) is 1. The van der Waals surface area contributed by atoms with Crippen molar-refractivity contribution < 1.29 is 9.53 Å². The van der Waals surface area contributed by atoms with Gasteiger partial charge in [-0.1, -0.05) is 38.3 Å². The summed E-state index contributed by atoms with van der Waals surface area (Å²) in [7, 11) is 0. The van der Waals surface area contributed by atoms with Crippen molar-refractivity contribution >= 4 is 17.4 Å². The van der Waals surface area contributed by atoms with E-state index in [0.717, 1.165) is 24.3 Å². The molecule has 0 spiro atoms. The second-order valence-electron chi connectivity index (χ2n) is 4.45. The minimum absolute atomic E-state index is 0.0447. The van der Waals surface area contributed by atoms with Gasteiger partial charge in [0.15, 0.2) is 5.78 Å². The van der Waals surface area contributed by atoms with E-state index in [0.29, 0.717) is 0 Å². The van der Waals surface area contributed by atoms with Crippen molar-refractivity contribution in [3.05, 3.63) is 29.8 Å². The van der Waals surface area contributed by atoms with Crippen LogP contribution in [0.3, 0.4) is 0 Å². The van der Waals surface area contributed by atoms with Gasteiger partial charge >= 0.3 is 0 Å². The lowest BCUT2D eigenvalue weighted by Crippen LogP contribution is -2.02. The number of ketones is 1. The molecule has 1 atom stereocenters. The van der Waals surface area contributed by atoms with Crippen LogP contribution in [0.1, 0.15) is 50.5 Å². The van der Waals surface area contributed by atoms with Crippen LogP contribution in [0.2, 0.25) is 0 Å². The summed E-state index contributed by atoms with van der Waals surface area (Å²) in [5, 5.41) is -0.575. The van der Waals surface area contributed by atoms with Crippen LogP contribution in [-0.4, -0.2) is 12.4 Å². The highest BCUT2D eigenvalue weighted by atomic mass is 35.5. The van der Waals surface area contributed by atoms with Gasteiger partial charge in [-0.2, -0.15) is 0 Å². The SMILES string of the molecule is CCCCCCOc1cccc(C(Cl)C(C)=O)c1. The molecule has 0 saturated heterocycles. The molecule has 0 saturated carbocycles. The molecule has 1 unspecified atom stereocenters. The molecule has 0 aliphatic carbocycles. The van der Waals surface area contributed by atoms with Crippen molar-refractivity contribution in [1.29, 1.82) is 0 Å². The summed E-state index contributed by atoms with van der Waals surface area (Å²) in [5.41, 5.74) is 0.801. The number of carbonyl (C=O) groups excluding carboxylic acids is 1. The summed E-state index contributed by atoms with van der Waals surface area (Å²) >= 11 is 6.01. The lowest BCUT2D eigenvalue weighted by atomic mass is 10.1. The van der Waals surface area contributed by atoms with Gasteiger partial charge in [0.2, 0.25) is 0 Å². The molecule has 1 rings (SSSR count). The van der Waals surface area contributed by atoms with Crippen LogP contribution < -0.4 is 4.74 Å². The maximum Gasteiger partial charge on any atom is 0.152 e. The summed E-state index contributed by atoms with van der Waals surface area (Å²) in [6.45, 7) is 4.40. The Morgan fingerprint density at radius 1 is 1.33 bits per heavy atom. The first kappa shape index (κ1) is 15.0. The Hall–Kier alpha value is -1.02. The largest absolute Gasteiger partial charge is 0.494 e. The first-order valence-corrected chi connectivity index (χ1v) is 6.96. The topological polar surface area (TPSA) is 26.3 Å². The fraction of sp³-hybridized carbons (Fsp3) is 0.533.